The molecule has 0 bridgehead atoms. The van der Waals surface area contributed by atoms with Gasteiger partial charge in [0.05, 0.1) is 0 Å². The Labute approximate surface area is 102 Å². The van der Waals surface area contributed by atoms with E-state index in [1.807, 2.05) is 18.2 Å². The molecule has 1 aliphatic heterocycles. The third kappa shape index (κ3) is 2.01. The van der Waals surface area contributed by atoms with Gasteiger partial charge in [0.2, 0.25) is 11.9 Å². The molecule has 0 atom stereocenters. The Kier molecular flexibility index (Phi) is 2.52. The maximum atomic E-state index is 5.62. The van der Waals surface area contributed by atoms with Crippen LogP contribution in [0.25, 0.3) is 0 Å². The first-order chi connectivity index (χ1) is 8.33. The van der Waals surface area contributed by atoms with E-state index in [0.29, 0.717) is 11.9 Å². The molecule has 2 aromatic rings. The Hall–Kier alpha value is -1.89. The van der Waals surface area contributed by atoms with Crippen LogP contribution in [0.15, 0.2) is 29.7 Å². The number of hydrogen-bond donors (Lipinski definition) is 1. The molecule has 17 heavy (non-hydrogen) atoms. The van der Waals surface area contributed by atoms with Crippen molar-refractivity contribution in [3.63, 3.8) is 0 Å². The molecule has 0 saturated heterocycles. The minimum atomic E-state index is 0.295. The van der Waals surface area contributed by atoms with E-state index in [1.165, 1.54) is 22.8 Å². The SMILES string of the molecule is Nn1cnnc1SCc1ccc2c(c1)OCO2. The summed E-state index contributed by atoms with van der Waals surface area (Å²) in [6.45, 7) is 0.295. The first-order valence-electron chi connectivity index (χ1n) is 4.99. The summed E-state index contributed by atoms with van der Waals surface area (Å²) in [6, 6.07) is 5.87. The predicted octanol–water partition coefficient (Wildman–Crippen LogP) is 1.01. The lowest BCUT2D eigenvalue weighted by Gasteiger charge is -2.02. The molecule has 1 aromatic carbocycles. The number of thioether (sulfide) groups is 1. The van der Waals surface area contributed by atoms with Crippen molar-refractivity contribution >= 4 is 11.8 Å². The molecule has 7 heteroatoms. The minimum absolute atomic E-state index is 0.295. The van der Waals surface area contributed by atoms with Crippen LogP contribution in [0.5, 0.6) is 11.5 Å². The van der Waals surface area contributed by atoms with Crippen molar-refractivity contribution in [1.82, 2.24) is 14.9 Å². The summed E-state index contributed by atoms with van der Waals surface area (Å²) in [5.41, 5.74) is 1.13. The number of rotatable bonds is 3. The van der Waals surface area contributed by atoms with E-state index < -0.39 is 0 Å². The fraction of sp³-hybridized carbons (Fsp3) is 0.200. The van der Waals surface area contributed by atoms with Gasteiger partial charge in [-0.1, -0.05) is 17.8 Å². The number of fused-ring (bicyclic) bond motifs is 1. The highest BCUT2D eigenvalue weighted by Gasteiger charge is 2.13. The summed E-state index contributed by atoms with van der Waals surface area (Å²) in [5.74, 6) is 7.96. The normalized spacial score (nSPS) is 12.9. The van der Waals surface area contributed by atoms with Gasteiger partial charge >= 0.3 is 0 Å². The summed E-state index contributed by atoms with van der Waals surface area (Å²) in [7, 11) is 0. The molecule has 0 spiro atoms. The zero-order chi connectivity index (χ0) is 11.7. The molecular weight excluding hydrogens is 240 g/mol. The van der Waals surface area contributed by atoms with Gasteiger partial charge in [0.15, 0.2) is 11.5 Å². The number of nitrogens with zero attached hydrogens (tertiary/aromatic N) is 3. The Bertz CT molecular complexity index is 543. The molecule has 0 amide bonds. The summed E-state index contributed by atoms with van der Waals surface area (Å²) in [6.07, 6.45) is 1.47. The number of nitrogen functional groups attached to an aromatic ring is 1. The molecule has 6 nitrogen and oxygen atoms in total. The van der Waals surface area contributed by atoms with Crippen LogP contribution in [0.4, 0.5) is 0 Å². The molecular formula is C10H10N4O2S. The Morgan fingerprint density at radius 3 is 3.06 bits per heavy atom. The van der Waals surface area contributed by atoms with Crippen molar-refractivity contribution in [3.8, 4) is 11.5 Å². The van der Waals surface area contributed by atoms with Gasteiger partial charge in [0.25, 0.3) is 0 Å². The van der Waals surface area contributed by atoms with E-state index >= 15 is 0 Å². The number of benzene rings is 1. The van der Waals surface area contributed by atoms with Gasteiger partial charge in [0.1, 0.15) is 6.33 Å². The second-order valence-electron chi connectivity index (χ2n) is 3.50. The molecule has 1 aromatic heterocycles. The molecule has 2 N–H and O–H groups in total. The van der Waals surface area contributed by atoms with Crippen molar-refractivity contribution in [2.45, 2.75) is 10.9 Å². The van der Waals surface area contributed by atoms with E-state index in [-0.39, 0.29) is 0 Å². The van der Waals surface area contributed by atoms with E-state index in [0.717, 1.165) is 22.8 Å². The Morgan fingerprint density at radius 2 is 2.24 bits per heavy atom. The summed E-state index contributed by atoms with van der Waals surface area (Å²) >= 11 is 1.52. The highest BCUT2D eigenvalue weighted by atomic mass is 32.2. The number of ether oxygens (including phenoxy) is 2. The lowest BCUT2D eigenvalue weighted by molar-refractivity contribution is 0.174. The summed E-state index contributed by atoms with van der Waals surface area (Å²) < 4.78 is 12.0. The third-order valence-electron chi connectivity index (χ3n) is 2.35. The highest BCUT2D eigenvalue weighted by Crippen LogP contribution is 2.33. The number of nitrogens with two attached hydrogens (primary N) is 1. The van der Waals surface area contributed by atoms with Gasteiger partial charge in [-0.15, -0.1) is 10.2 Å². The van der Waals surface area contributed by atoms with E-state index in [2.05, 4.69) is 10.2 Å². The Balaban J connectivity index is 1.72. The second kappa shape index (κ2) is 4.17. The molecule has 0 saturated carbocycles. The van der Waals surface area contributed by atoms with Crippen molar-refractivity contribution in [2.75, 3.05) is 12.6 Å². The number of hydrogen-bond acceptors (Lipinski definition) is 6. The average molecular weight is 250 g/mol. The molecule has 3 rings (SSSR count). The number of aromatic nitrogens is 3. The van der Waals surface area contributed by atoms with Crippen LogP contribution >= 0.6 is 11.8 Å². The molecule has 0 aliphatic carbocycles. The first kappa shape index (κ1) is 10.3. The van der Waals surface area contributed by atoms with Gasteiger partial charge < -0.3 is 15.3 Å². The molecule has 1 aliphatic rings. The second-order valence-corrected chi connectivity index (χ2v) is 4.44. The highest BCUT2D eigenvalue weighted by molar-refractivity contribution is 7.98. The van der Waals surface area contributed by atoms with E-state index in [4.69, 9.17) is 15.3 Å². The predicted molar refractivity (Wildman–Crippen MR) is 62.3 cm³/mol. The lowest BCUT2D eigenvalue weighted by Crippen LogP contribution is -2.07. The zero-order valence-electron chi connectivity index (χ0n) is 8.87. The van der Waals surface area contributed by atoms with Crippen LogP contribution < -0.4 is 15.3 Å². The van der Waals surface area contributed by atoms with Crippen LogP contribution in [0.2, 0.25) is 0 Å². The lowest BCUT2D eigenvalue weighted by atomic mass is 10.2. The maximum Gasteiger partial charge on any atom is 0.231 e. The van der Waals surface area contributed by atoms with Crippen molar-refractivity contribution in [1.29, 1.82) is 0 Å². The maximum absolute atomic E-state index is 5.62. The molecule has 0 unspecified atom stereocenters. The smallest absolute Gasteiger partial charge is 0.231 e. The van der Waals surface area contributed by atoms with Crippen LogP contribution in [0.3, 0.4) is 0 Å². The van der Waals surface area contributed by atoms with E-state index in [1.54, 1.807) is 0 Å². The fourth-order valence-corrected chi connectivity index (χ4v) is 2.29. The van der Waals surface area contributed by atoms with E-state index in [9.17, 15) is 0 Å². The van der Waals surface area contributed by atoms with Crippen LogP contribution in [-0.4, -0.2) is 21.7 Å². The van der Waals surface area contributed by atoms with Gasteiger partial charge in [-0.3, -0.25) is 0 Å². The monoisotopic (exact) mass is 250 g/mol. The van der Waals surface area contributed by atoms with Crippen molar-refractivity contribution in [3.05, 3.63) is 30.1 Å². The molecule has 0 fully saturated rings. The van der Waals surface area contributed by atoms with Gasteiger partial charge in [-0.25, -0.2) is 4.68 Å². The molecule has 2 heterocycles. The largest absolute Gasteiger partial charge is 0.454 e. The topological polar surface area (TPSA) is 75.2 Å². The minimum Gasteiger partial charge on any atom is -0.454 e. The van der Waals surface area contributed by atoms with Gasteiger partial charge in [0, 0.05) is 5.75 Å². The summed E-state index contributed by atoms with van der Waals surface area (Å²) in [4.78, 5) is 0. The zero-order valence-corrected chi connectivity index (χ0v) is 9.68. The molecule has 88 valence electrons. The molecule has 0 radical (unpaired) electrons. The van der Waals surface area contributed by atoms with Crippen molar-refractivity contribution in [2.24, 2.45) is 0 Å². The quantitative estimate of drug-likeness (QED) is 0.647. The van der Waals surface area contributed by atoms with Gasteiger partial charge in [-0.2, -0.15) is 0 Å². The third-order valence-corrected chi connectivity index (χ3v) is 3.37. The van der Waals surface area contributed by atoms with Crippen LogP contribution in [0.1, 0.15) is 5.56 Å². The summed E-state index contributed by atoms with van der Waals surface area (Å²) in [5, 5.41) is 8.30. The average Bonchev–Trinajstić information content (AvgIpc) is 2.94. The van der Waals surface area contributed by atoms with Crippen LogP contribution in [-0.2, 0) is 5.75 Å². The van der Waals surface area contributed by atoms with Gasteiger partial charge in [-0.05, 0) is 17.7 Å². The van der Waals surface area contributed by atoms with Crippen molar-refractivity contribution < 1.29 is 9.47 Å². The van der Waals surface area contributed by atoms with Crippen LogP contribution in [0, 0.1) is 0 Å². The Morgan fingerprint density at radius 1 is 1.35 bits per heavy atom. The fourth-order valence-electron chi connectivity index (χ4n) is 1.51. The first-order valence-corrected chi connectivity index (χ1v) is 5.98. The standard InChI is InChI=1S/C10H10N4O2S/c11-14-5-12-13-10(14)17-4-7-1-2-8-9(3-7)16-6-15-8/h1-3,5H,4,6,11H2.